The first-order valence-corrected chi connectivity index (χ1v) is 10.4. The smallest absolute Gasteiger partial charge is 0.207 e. The second-order valence-corrected chi connectivity index (χ2v) is 7.98. The summed E-state index contributed by atoms with van der Waals surface area (Å²) in [5.41, 5.74) is 2.97. The number of nitriles is 1. The van der Waals surface area contributed by atoms with Gasteiger partial charge >= 0.3 is 0 Å². The Kier molecular flexibility index (Phi) is 7.82. The van der Waals surface area contributed by atoms with Crippen LogP contribution in [0.2, 0.25) is 15.1 Å². The number of hydrogen-bond acceptors (Lipinski definition) is 4. The summed E-state index contributed by atoms with van der Waals surface area (Å²) in [6.45, 7) is 3.12. The molecule has 2 heterocycles. The number of aromatic nitrogens is 2. The quantitative estimate of drug-likeness (QED) is 0.313. The van der Waals surface area contributed by atoms with Crippen LogP contribution in [0, 0.1) is 11.5 Å². The van der Waals surface area contributed by atoms with E-state index < -0.39 is 0 Å². The first kappa shape index (κ1) is 23.4. The largest absolute Gasteiger partial charge is 0.352 e. The molecule has 31 heavy (non-hydrogen) atoms. The summed E-state index contributed by atoms with van der Waals surface area (Å²) >= 11 is 18.6. The molecule has 1 aliphatic heterocycles. The van der Waals surface area contributed by atoms with Gasteiger partial charge in [0.25, 0.3) is 0 Å². The van der Waals surface area contributed by atoms with Crippen LogP contribution >= 0.6 is 47.2 Å². The summed E-state index contributed by atoms with van der Waals surface area (Å²) in [6.07, 6.45) is 1.91. The minimum Gasteiger partial charge on any atom is -0.352 e. The topological polar surface area (TPSA) is 69.2 Å². The Hall–Kier alpha value is -2.27. The third-order valence-corrected chi connectivity index (χ3v) is 5.58. The number of benzene rings is 2. The van der Waals surface area contributed by atoms with Gasteiger partial charge in [0.2, 0.25) is 6.19 Å². The molecule has 4 rings (SSSR count). The van der Waals surface area contributed by atoms with Gasteiger partial charge in [-0.2, -0.15) is 15.4 Å². The van der Waals surface area contributed by atoms with Crippen LogP contribution in [0.25, 0.3) is 16.9 Å². The molecule has 2 aromatic carbocycles. The zero-order chi connectivity index (χ0) is 21.1. The molecule has 0 spiro atoms. The van der Waals surface area contributed by atoms with Crippen LogP contribution in [0.3, 0.4) is 0 Å². The maximum atomic E-state index is 9.28. The zero-order valence-corrected chi connectivity index (χ0v) is 19.3. The predicted molar refractivity (Wildman–Crippen MR) is 128 cm³/mol. The highest BCUT2D eigenvalue weighted by Crippen LogP contribution is 2.30. The number of nitrogens with zero attached hydrogens (tertiary/aromatic N) is 5. The molecule has 0 bridgehead atoms. The van der Waals surface area contributed by atoms with Gasteiger partial charge in [-0.1, -0.05) is 46.9 Å². The van der Waals surface area contributed by atoms with Crippen molar-refractivity contribution in [2.75, 3.05) is 26.2 Å². The molecule has 160 valence electrons. The van der Waals surface area contributed by atoms with Crippen molar-refractivity contribution in [3.05, 3.63) is 69.3 Å². The van der Waals surface area contributed by atoms with Gasteiger partial charge in [0, 0.05) is 41.8 Å². The number of halogens is 4. The van der Waals surface area contributed by atoms with Gasteiger partial charge in [0.1, 0.15) is 5.69 Å². The van der Waals surface area contributed by atoms with Crippen molar-refractivity contribution < 1.29 is 0 Å². The van der Waals surface area contributed by atoms with E-state index in [1.54, 1.807) is 16.8 Å². The SMILES string of the molecule is Cl.N#CN=C(c1cc(-c2ccc(Cl)cc2)n(-c2ccc(Cl)cc2Cl)n1)N1CCNCC1. The monoisotopic (exact) mass is 494 g/mol. The van der Waals surface area contributed by atoms with Crippen molar-refractivity contribution in [3.63, 3.8) is 0 Å². The average Bonchev–Trinajstić information content (AvgIpc) is 3.18. The number of rotatable bonds is 3. The van der Waals surface area contributed by atoms with Crippen molar-refractivity contribution >= 4 is 53.0 Å². The molecule has 0 atom stereocenters. The molecule has 3 aromatic rings. The van der Waals surface area contributed by atoms with E-state index in [0.717, 1.165) is 37.4 Å². The zero-order valence-electron chi connectivity index (χ0n) is 16.2. The average molecular weight is 496 g/mol. The molecule has 1 fully saturated rings. The second-order valence-electron chi connectivity index (χ2n) is 6.70. The Bertz CT molecular complexity index is 1130. The van der Waals surface area contributed by atoms with E-state index in [4.69, 9.17) is 39.9 Å². The maximum absolute atomic E-state index is 9.28. The minimum atomic E-state index is 0. The molecule has 0 radical (unpaired) electrons. The lowest BCUT2D eigenvalue weighted by atomic mass is 10.1. The van der Waals surface area contributed by atoms with Gasteiger partial charge in [-0.15, -0.1) is 12.4 Å². The van der Waals surface area contributed by atoms with Gasteiger partial charge in [-0.05, 0) is 36.4 Å². The molecular weight excluding hydrogens is 478 g/mol. The van der Waals surface area contributed by atoms with Gasteiger partial charge < -0.3 is 10.2 Å². The van der Waals surface area contributed by atoms with Crippen molar-refractivity contribution in [2.24, 2.45) is 4.99 Å². The van der Waals surface area contributed by atoms with Gasteiger partial charge in [0.15, 0.2) is 5.84 Å². The number of nitrogens with one attached hydrogen (secondary N) is 1. The third-order valence-electron chi connectivity index (χ3n) is 4.79. The Balaban J connectivity index is 0.00000272. The predicted octanol–water partition coefficient (Wildman–Crippen LogP) is 5.05. The fraction of sp³-hybridized carbons (Fsp3) is 0.190. The van der Waals surface area contributed by atoms with E-state index in [1.807, 2.05) is 42.6 Å². The number of amidine groups is 1. The summed E-state index contributed by atoms with van der Waals surface area (Å²) in [6, 6.07) is 14.6. The highest BCUT2D eigenvalue weighted by molar-refractivity contribution is 6.35. The number of piperazine rings is 1. The van der Waals surface area contributed by atoms with E-state index in [0.29, 0.717) is 32.3 Å². The Labute approximate surface area is 201 Å². The van der Waals surface area contributed by atoms with E-state index in [2.05, 4.69) is 15.2 Å². The van der Waals surface area contributed by atoms with E-state index in [9.17, 15) is 5.26 Å². The summed E-state index contributed by atoms with van der Waals surface area (Å²) < 4.78 is 1.74. The molecule has 10 heteroatoms. The van der Waals surface area contributed by atoms with Crippen LogP contribution in [0.1, 0.15) is 5.69 Å². The molecule has 0 amide bonds. The Morgan fingerprint density at radius 1 is 1.00 bits per heavy atom. The fourth-order valence-corrected chi connectivity index (χ4v) is 3.98. The maximum Gasteiger partial charge on any atom is 0.207 e. The molecule has 1 aliphatic rings. The van der Waals surface area contributed by atoms with Crippen LogP contribution in [0.15, 0.2) is 53.5 Å². The lowest BCUT2D eigenvalue weighted by Crippen LogP contribution is -2.46. The first-order chi connectivity index (χ1) is 14.6. The molecule has 0 unspecified atom stereocenters. The van der Waals surface area contributed by atoms with Crippen LogP contribution < -0.4 is 5.32 Å². The molecular formula is C21H18Cl4N6. The summed E-state index contributed by atoms with van der Waals surface area (Å²) in [5, 5.41) is 19.0. The molecule has 0 aliphatic carbocycles. The standard InChI is InChI=1S/C21H17Cl3N6.ClH/c22-15-3-1-14(2-4-15)20-12-18(21(27-13-25)29-9-7-26-8-10-29)28-30(20)19-6-5-16(23)11-17(19)24;/h1-6,11-12,26H,7-10H2;1H. The fourth-order valence-electron chi connectivity index (χ4n) is 3.37. The lowest BCUT2D eigenvalue weighted by molar-refractivity contribution is 0.357. The van der Waals surface area contributed by atoms with E-state index in [-0.39, 0.29) is 12.4 Å². The molecule has 1 saturated heterocycles. The van der Waals surface area contributed by atoms with Crippen LogP contribution in [-0.2, 0) is 0 Å². The molecule has 1 N–H and O–H groups in total. The van der Waals surface area contributed by atoms with E-state index >= 15 is 0 Å². The van der Waals surface area contributed by atoms with Crippen molar-refractivity contribution in [1.82, 2.24) is 20.0 Å². The van der Waals surface area contributed by atoms with Crippen molar-refractivity contribution in [3.8, 4) is 23.1 Å². The van der Waals surface area contributed by atoms with Gasteiger partial charge in [0.05, 0.1) is 16.4 Å². The number of aliphatic imine (C=N–C) groups is 1. The van der Waals surface area contributed by atoms with Gasteiger partial charge in [-0.3, -0.25) is 0 Å². The third kappa shape index (κ3) is 5.15. The molecule has 1 aromatic heterocycles. The molecule has 0 saturated carbocycles. The van der Waals surface area contributed by atoms with Gasteiger partial charge in [-0.25, -0.2) is 4.68 Å². The lowest BCUT2D eigenvalue weighted by Gasteiger charge is -2.28. The van der Waals surface area contributed by atoms with Crippen molar-refractivity contribution in [1.29, 1.82) is 5.26 Å². The summed E-state index contributed by atoms with van der Waals surface area (Å²) in [4.78, 5) is 6.14. The van der Waals surface area contributed by atoms with Crippen LogP contribution in [0.4, 0.5) is 0 Å². The Morgan fingerprint density at radius 2 is 1.68 bits per heavy atom. The van der Waals surface area contributed by atoms with Crippen molar-refractivity contribution in [2.45, 2.75) is 0 Å². The summed E-state index contributed by atoms with van der Waals surface area (Å²) in [7, 11) is 0. The number of hydrogen-bond donors (Lipinski definition) is 1. The van der Waals surface area contributed by atoms with Crippen LogP contribution in [0.5, 0.6) is 0 Å². The van der Waals surface area contributed by atoms with E-state index in [1.165, 1.54) is 0 Å². The normalized spacial score (nSPS) is 14.1. The minimum absolute atomic E-state index is 0. The second kappa shape index (κ2) is 10.4. The summed E-state index contributed by atoms with van der Waals surface area (Å²) in [5.74, 6) is 0.540. The highest BCUT2D eigenvalue weighted by Gasteiger charge is 2.22. The highest BCUT2D eigenvalue weighted by atomic mass is 35.5. The van der Waals surface area contributed by atoms with Crippen LogP contribution in [-0.4, -0.2) is 46.7 Å². The molecule has 6 nitrogen and oxygen atoms in total. The Morgan fingerprint density at radius 3 is 2.32 bits per heavy atom. The first-order valence-electron chi connectivity index (χ1n) is 9.31.